The Labute approximate surface area is 107 Å². The molecule has 1 aromatic heterocycles. The molecule has 0 saturated carbocycles. The van der Waals surface area contributed by atoms with Gasteiger partial charge in [0.2, 0.25) is 5.91 Å². The fourth-order valence-corrected chi connectivity index (χ4v) is 2.40. The van der Waals surface area contributed by atoms with Crippen molar-refractivity contribution in [3.8, 4) is 0 Å². The molecule has 1 amide bonds. The van der Waals surface area contributed by atoms with Crippen molar-refractivity contribution in [1.29, 1.82) is 0 Å². The number of carbonyl (C=O) groups is 1. The van der Waals surface area contributed by atoms with Crippen LogP contribution in [0.25, 0.3) is 0 Å². The van der Waals surface area contributed by atoms with Crippen molar-refractivity contribution in [1.82, 2.24) is 10.3 Å². The van der Waals surface area contributed by atoms with Crippen LogP contribution in [0.1, 0.15) is 30.8 Å². The number of aromatic nitrogens is 1. The zero-order valence-corrected chi connectivity index (χ0v) is 11.5. The van der Waals surface area contributed by atoms with E-state index in [9.17, 15) is 4.79 Å². The van der Waals surface area contributed by atoms with Gasteiger partial charge in [0.25, 0.3) is 0 Å². The topological polar surface area (TPSA) is 68.0 Å². The predicted molar refractivity (Wildman–Crippen MR) is 70.7 cm³/mol. The average Bonchev–Trinajstić information content (AvgIpc) is 2.68. The molecule has 1 unspecified atom stereocenters. The minimum absolute atomic E-state index is 0.0500. The molecule has 1 atom stereocenters. The molecule has 0 aliphatic carbocycles. The second-order valence-electron chi connectivity index (χ2n) is 4.64. The summed E-state index contributed by atoms with van der Waals surface area (Å²) in [6, 6.07) is 0. The van der Waals surface area contributed by atoms with Gasteiger partial charge in [0, 0.05) is 11.4 Å². The molecule has 1 aromatic rings. The van der Waals surface area contributed by atoms with Crippen LogP contribution in [0.4, 0.5) is 0 Å². The van der Waals surface area contributed by atoms with Gasteiger partial charge in [-0.2, -0.15) is 0 Å². The molecule has 5 heteroatoms. The molecule has 0 aliphatic heterocycles. The largest absolute Gasteiger partial charge is 0.351 e. The predicted octanol–water partition coefficient (Wildman–Crippen LogP) is 1.69. The number of aryl methyl sites for hydroxylation is 1. The molecular weight excluding hydrogens is 234 g/mol. The molecule has 3 N–H and O–H groups in total. The Balaban J connectivity index is 2.45. The first-order valence-electron chi connectivity index (χ1n) is 5.91. The highest BCUT2D eigenvalue weighted by molar-refractivity contribution is 7.09. The maximum atomic E-state index is 11.9. The van der Waals surface area contributed by atoms with E-state index in [2.05, 4.69) is 24.1 Å². The zero-order valence-electron chi connectivity index (χ0n) is 10.7. The van der Waals surface area contributed by atoms with Crippen molar-refractivity contribution in [2.75, 3.05) is 6.54 Å². The van der Waals surface area contributed by atoms with Crippen molar-refractivity contribution in [2.24, 2.45) is 17.6 Å². The Morgan fingerprint density at radius 3 is 2.76 bits per heavy atom. The van der Waals surface area contributed by atoms with Crippen LogP contribution in [0.15, 0.2) is 5.51 Å². The minimum Gasteiger partial charge on any atom is -0.351 e. The number of thiazole rings is 1. The number of nitrogens with two attached hydrogens (primary N) is 1. The second-order valence-corrected chi connectivity index (χ2v) is 5.58. The highest BCUT2D eigenvalue weighted by Crippen LogP contribution is 2.13. The first-order valence-corrected chi connectivity index (χ1v) is 6.79. The molecule has 4 nitrogen and oxygen atoms in total. The van der Waals surface area contributed by atoms with Gasteiger partial charge in [0.15, 0.2) is 0 Å². The third kappa shape index (κ3) is 4.44. The van der Waals surface area contributed by atoms with Crippen LogP contribution in [0.3, 0.4) is 0 Å². The van der Waals surface area contributed by atoms with E-state index in [0.717, 1.165) is 17.0 Å². The van der Waals surface area contributed by atoms with Gasteiger partial charge in [-0.25, -0.2) is 4.98 Å². The number of hydrogen-bond donors (Lipinski definition) is 2. The van der Waals surface area contributed by atoms with Crippen LogP contribution in [-0.2, 0) is 11.3 Å². The molecular formula is C12H21N3OS. The van der Waals surface area contributed by atoms with E-state index in [1.54, 1.807) is 16.8 Å². The van der Waals surface area contributed by atoms with Gasteiger partial charge in [-0.1, -0.05) is 13.8 Å². The Kier molecular flexibility index (Phi) is 5.58. The Morgan fingerprint density at radius 1 is 1.59 bits per heavy atom. The lowest BCUT2D eigenvalue weighted by atomic mass is 9.96. The van der Waals surface area contributed by atoms with Crippen LogP contribution >= 0.6 is 11.3 Å². The molecule has 96 valence electrons. The smallest absolute Gasteiger partial charge is 0.224 e. The summed E-state index contributed by atoms with van der Waals surface area (Å²) in [6.45, 7) is 7.12. The minimum atomic E-state index is -0.0803. The molecule has 0 radical (unpaired) electrons. The van der Waals surface area contributed by atoms with E-state index in [0.29, 0.717) is 19.0 Å². The number of hydrogen-bond acceptors (Lipinski definition) is 4. The van der Waals surface area contributed by atoms with Gasteiger partial charge in [-0.05, 0) is 19.3 Å². The fourth-order valence-electron chi connectivity index (χ4n) is 1.69. The van der Waals surface area contributed by atoms with Crippen molar-refractivity contribution >= 4 is 17.2 Å². The van der Waals surface area contributed by atoms with E-state index in [4.69, 9.17) is 5.73 Å². The van der Waals surface area contributed by atoms with Crippen molar-refractivity contribution in [3.05, 3.63) is 16.1 Å². The third-order valence-electron chi connectivity index (χ3n) is 2.68. The SMILES string of the molecule is Cc1ncsc1CNC(=O)C(CN)CC(C)C. The first-order chi connectivity index (χ1) is 8.04. The van der Waals surface area contributed by atoms with E-state index in [1.807, 2.05) is 6.92 Å². The molecule has 17 heavy (non-hydrogen) atoms. The van der Waals surface area contributed by atoms with Gasteiger partial charge in [-0.15, -0.1) is 11.3 Å². The summed E-state index contributed by atoms with van der Waals surface area (Å²) in [4.78, 5) is 17.2. The van der Waals surface area contributed by atoms with Crippen LogP contribution in [-0.4, -0.2) is 17.4 Å². The van der Waals surface area contributed by atoms with Crippen LogP contribution in [0.5, 0.6) is 0 Å². The molecule has 0 aliphatic rings. The van der Waals surface area contributed by atoms with E-state index >= 15 is 0 Å². The number of nitrogens with zero attached hydrogens (tertiary/aromatic N) is 1. The maximum Gasteiger partial charge on any atom is 0.224 e. The lowest BCUT2D eigenvalue weighted by Gasteiger charge is -2.16. The third-order valence-corrected chi connectivity index (χ3v) is 3.61. The summed E-state index contributed by atoms with van der Waals surface area (Å²) >= 11 is 1.57. The molecule has 0 fully saturated rings. The molecule has 0 spiro atoms. The van der Waals surface area contributed by atoms with E-state index < -0.39 is 0 Å². The number of carbonyl (C=O) groups excluding carboxylic acids is 1. The quantitative estimate of drug-likeness (QED) is 0.813. The molecule has 1 rings (SSSR count). The number of nitrogens with one attached hydrogen (secondary N) is 1. The van der Waals surface area contributed by atoms with Gasteiger partial charge in [-0.3, -0.25) is 4.79 Å². The number of rotatable bonds is 6. The van der Waals surface area contributed by atoms with Gasteiger partial charge in [0.05, 0.1) is 23.7 Å². The highest BCUT2D eigenvalue weighted by Gasteiger charge is 2.18. The average molecular weight is 255 g/mol. The monoisotopic (exact) mass is 255 g/mol. The second kappa shape index (κ2) is 6.71. The molecule has 0 saturated heterocycles. The lowest BCUT2D eigenvalue weighted by molar-refractivity contribution is -0.125. The van der Waals surface area contributed by atoms with Crippen LogP contribution in [0, 0.1) is 18.8 Å². The van der Waals surface area contributed by atoms with Crippen LogP contribution < -0.4 is 11.1 Å². The summed E-state index contributed by atoms with van der Waals surface area (Å²) in [5, 5.41) is 2.93. The van der Waals surface area contributed by atoms with Gasteiger partial charge >= 0.3 is 0 Å². The summed E-state index contributed by atoms with van der Waals surface area (Å²) in [7, 11) is 0. The normalized spacial score (nSPS) is 12.8. The van der Waals surface area contributed by atoms with Crippen molar-refractivity contribution < 1.29 is 4.79 Å². The number of amides is 1. The van der Waals surface area contributed by atoms with E-state index in [-0.39, 0.29) is 11.8 Å². The van der Waals surface area contributed by atoms with E-state index in [1.165, 1.54) is 0 Å². The van der Waals surface area contributed by atoms with Gasteiger partial charge < -0.3 is 11.1 Å². The Bertz CT molecular complexity index is 362. The van der Waals surface area contributed by atoms with Crippen molar-refractivity contribution in [2.45, 2.75) is 33.7 Å². The van der Waals surface area contributed by atoms with Gasteiger partial charge in [0.1, 0.15) is 0 Å². The zero-order chi connectivity index (χ0) is 12.8. The molecule has 1 heterocycles. The highest BCUT2D eigenvalue weighted by atomic mass is 32.1. The van der Waals surface area contributed by atoms with Crippen LogP contribution in [0.2, 0.25) is 0 Å². The Hall–Kier alpha value is -0.940. The van der Waals surface area contributed by atoms with Crippen molar-refractivity contribution in [3.63, 3.8) is 0 Å². The summed E-state index contributed by atoms with van der Waals surface area (Å²) < 4.78 is 0. The maximum absolute atomic E-state index is 11.9. The molecule has 0 bridgehead atoms. The summed E-state index contributed by atoms with van der Waals surface area (Å²) in [5.74, 6) is 0.455. The lowest BCUT2D eigenvalue weighted by Crippen LogP contribution is -2.35. The summed E-state index contributed by atoms with van der Waals surface area (Å²) in [5.41, 5.74) is 8.42. The Morgan fingerprint density at radius 2 is 2.29 bits per heavy atom. The molecule has 0 aromatic carbocycles. The first kappa shape index (κ1) is 14.1. The standard InChI is InChI=1S/C12H21N3OS/c1-8(2)4-10(5-13)12(16)14-6-11-9(3)15-7-17-11/h7-8,10H,4-6,13H2,1-3H3,(H,14,16). The summed E-state index contributed by atoms with van der Waals surface area (Å²) in [6.07, 6.45) is 0.837. The fraction of sp³-hybridized carbons (Fsp3) is 0.667.